The third-order valence-corrected chi connectivity index (χ3v) is 2.51. The number of hydrogen-bond donors (Lipinski definition) is 2. The van der Waals surface area contributed by atoms with Gasteiger partial charge in [-0.05, 0) is 12.1 Å². The maximum absolute atomic E-state index is 11.3. The summed E-state index contributed by atoms with van der Waals surface area (Å²) in [6.45, 7) is 3.62. The average Bonchev–Trinajstić information content (AvgIpc) is 2.38. The minimum atomic E-state index is -0.872. The van der Waals surface area contributed by atoms with Crippen LogP contribution in [0.4, 0.5) is 0 Å². The Morgan fingerprint density at radius 2 is 2.05 bits per heavy atom. The Labute approximate surface area is 120 Å². The molecule has 5 nitrogen and oxygen atoms in total. The standard InChI is InChI=1S/C12H11Cl2N3O2/c1-2-5-15-11(18)12(19)17-16-7-8-3-4-9(13)6-10(8)14/h2-4,6-7H,1,5H2,(H,15,18)(H,17,19). The van der Waals surface area contributed by atoms with Crippen molar-refractivity contribution in [3.8, 4) is 0 Å². The van der Waals surface area contributed by atoms with Crippen molar-refractivity contribution >= 4 is 41.2 Å². The predicted molar refractivity (Wildman–Crippen MR) is 75.4 cm³/mol. The van der Waals surface area contributed by atoms with Gasteiger partial charge in [-0.15, -0.1) is 6.58 Å². The van der Waals surface area contributed by atoms with Crippen LogP contribution in [0.5, 0.6) is 0 Å². The Bertz CT molecular complexity index is 530. The number of carbonyl (C=O) groups excluding carboxylic acids is 2. The summed E-state index contributed by atoms with van der Waals surface area (Å²) in [6, 6.07) is 4.81. The molecule has 0 atom stereocenters. The molecular formula is C12H11Cl2N3O2. The van der Waals surface area contributed by atoms with Crippen LogP contribution < -0.4 is 10.7 Å². The first-order valence-corrected chi connectivity index (χ1v) is 5.97. The number of benzene rings is 1. The van der Waals surface area contributed by atoms with Crippen LogP contribution in [-0.4, -0.2) is 24.6 Å². The Hall–Kier alpha value is -1.85. The monoisotopic (exact) mass is 299 g/mol. The molecule has 1 aromatic carbocycles. The molecule has 0 fully saturated rings. The third-order valence-electron chi connectivity index (χ3n) is 1.95. The molecule has 7 heteroatoms. The fourth-order valence-corrected chi connectivity index (χ4v) is 1.52. The Morgan fingerprint density at radius 3 is 2.68 bits per heavy atom. The molecule has 0 aliphatic rings. The number of halogens is 2. The molecule has 0 aliphatic heterocycles. The first-order valence-electron chi connectivity index (χ1n) is 5.21. The van der Waals surface area contributed by atoms with Crippen molar-refractivity contribution < 1.29 is 9.59 Å². The van der Waals surface area contributed by atoms with Gasteiger partial charge >= 0.3 is 11.8 Å². The lowest BCUT2D eigenvalue weighted by molar-refractivity contribution is -0.139. The van der Waals surface area contributed by atoms with E-state index in [0.717, 1.165) is 0 Å². The zero-order valence-corrected chi connectivity index (χ0v) is 11.3. The second-order valence-electron chi connectivity index (χ2n) is 3.36. The van der Waals surface area contributed by atoms with Crippen molar-refractivity contribution in [2.24, 2.45) is 5.10 Å². The lowest BCUT2D eigenvalue weighted by Crippen LogP contribution is -2.37. The summed E-state index contributed by atoms with van der Waals surface area (Å²) in [5.74, 6) is -1.66. The minimum Gasteiger partial charge on any atom is -0.344 e. The molecule has 0 aliphatic carbocycles. The molecule has 19 heavy (non-hydrogen) atoms. The molecule has 1 rings (SSSR count). The summed E-state index contributed by atoms with van der Waals surface area (Å²) in [6.07, 6.45) is 2.78. The van der Waals surface area contributed by atoms with Crippen molar-refractivity contribution in [1.82, 2.24) is 10.7 Å². The Morgan fingerprint density at radius 1 is 1.32 bits per heavy atom. The highest BCUT2D eigenvalue weighted by Crippen LogP contribution is 2.19. The molecule has 0 radical (unpaired) electrons. The van der Waals surface area contributed by atoms with E-state index in [9.17, 15) is 9.59 Å². The lowest BCUT2D eigenvalue weighted by atomic mass is 10.2. The quantitative estimate of drug-likeness (QED) is 0.385. The second-order valence-corrected chi connectivity index (χ2v) is 4.21. The molecule has 0 saturated carbocycles. The predicted octanol–water partition coefficient (Wildman–Crippen LogP) is 1.75. The maximum atomic E-state index is 11.3. The fraction of sp³-hybridized carbons (Fsp3) is 0.0833. The zero-order valence-electron chi connectivity index (χ0n) is 9.82. The van der Waals surface area contributed by atoms with Crippen LogP contribution in [0.15, 0.2) is 36.0 Å². The number of hydrogen-bond acceptors (Lipinski definition) is 3. The van der Waals surface area contributed by atoms with Crippen LogP contribution in [0.2, 0.25) is 10.0 Å². The fourth-order valence-electron chi connectivity index (χ4n) is 1.06. The zero-order chi connectivity index (χ0) is 14.3. The minimum absolute atomic E-state index is 0.207. The smallest absolute Gasteiger partial charge is 0.329 e. The van der Waals surface area contributed by atoms with Gasteiger partial charge in [-0.25, -0.2) is 5.43 Å². The van der Waals surface area contributed by atoms with Crippen LogP contribution in [0.1, 0.15) is 5.56 Å². The molecule has 0 spiro atoms. The van der Waals surface area contributed by atoms with Gasteiger partial charge in [0.2, 0.25) is 0 Å². The van der Waals surface area contributed by atoms with E-state index in [1.165, 1.54) is 12.3 Å². The normalized spacial score (nSPS) is 10.2. The number of hydrazone groups is 1. The average molecular weight is 300 g/mol. The van der Waals surface area contributed by atoms with Crippen LogP contribution >= 0.6 is 23.2 Å². The molecule has 0 heterocycles. The van der Waals surface area contributed by atoms with Gasteiger partial charge in [0.25, 0.3) is 0 Å². The van der Waals surface area contributed by atoms with Crippen molar-refractivity contribution in [3.05, 3.63) is 46.5 Å². The summed E-state index contributed by atoms with van der Waals surface area (Å²) in [7, 11) is 0. The lowest BCUT2D eigenvalue weighted by Gasteiger charge is -2.01. The number of nitrogens with one attached hydrogen (secondary N) is 2. The van der Waals surface area contributed by atoms with Gasteiger partial charge in [-0.2, -0.15) is 5.10 Å². The summed E-state index contributed by atoms with van der Waals surface area (Å²) in [5, 5.41) is 6.82. The van der Waals surface area contributed by atoms with Crippen molar-refractivity contribution in [3.63, 3.8) is 0 Å². The highest BCUT2D eigenvalue weighted by atomic mass is 35.5. The first-order chi connectivity index (χ1) is 9.04. The number of amides is 2. The van der Waals surface area contributed by atoms with Crippen molar-refractivity contribution in [1.29, 1.82) is 0 Å². The van der Waals surface area contributed by atoms with Crippen molar-refractivity contribution in [2.45, 2.75) is 0 Å². The van der Waals surface area contributed by atoms with E-state index in [2.05, 4.69) is 22.4 Å². The molecule has 2 amide bonds. The van der Waals surface area contributed by atoms with E-state index in [-0.39, 0.29) is 6.54 Å². The Balaban J connectivity index is 2.56. The summed E-state index contributed by atoms with van der Waals surface area (Å²) in [5.41, 5.74) is 2.64. The second kappa shape index (κ2) is 7.56. The molecule has 2 N–H and O–H groups in total. The van der Waals surface area contributed by atoms with Crippen LogP contribution in [0, 0.1) is 0 Å². The summed E-state index contributed by atoms with van der Waals surface area (Å²) >= 11 is 11.6. The highest BCUT2D eigenvalue weighted by Gasteiger charge is 2.10. The van der Waals surface area contributed by atoms with Gasteiger partial charge in [-0.1, -0.05) is 35.3 Å². The molecule has 0 bridgehead atoms. The maximum Gasteiger partial charge on any atom is 0.329 e. The van der Waals surface area contributed by atoms with Crippen LogP contribution in [0.3, 0.4) is 0 Å². The molecule has 0 unspecified atom stereocenters. The molecular weight excluding hydrogens is 289 g/mol. The van der Waals surface area contributed by atoms with Gasteiger partial charge in [0.1, 0.15) is 0 Å². The summed E-state index contributed by atoms with van der Waals surface area (Å²) in [4.78, 5) is 22.4. The first kappa shape index (κ1) is 15.2. The molecule has 0 aromatic heterocycles. The van der Waals surface area contributed by atoms with Crippen LogP contribution in [-0.2, 0) is 9.59 Å². The van der Waals surface area contributed by atoms with Gasteiger partial charge in [-0.3, -0.25) is 9.59 Å². The van der Waals surface area contributed by atoms with E-state index in [0.29, 0.717) is 15.6 Å². The highest BCUT2D eigenvalue weighted by molar-refractivity contribution is 6.36. The number of nitrogens with zero attached hydrogens (tertiary/aromatic N) is 1. The van der Waals surface area contributed by atoms with E-state index < -0.39 is 11.8 Å². The Kier molecular flexibility index (Phi) is 6.05. The van der Waals surface area contributed by atoms with E-state index in [4.69, 9.17) is 23.2 Å². The summed E-state index contributed by atoms with van der Waals surface area (Å²) < 4.78 is 0. The third kappa shape index (κ3) is 5.11. The van der Waals surface area contributed by atoms with E-state index >= 15 is 0 Å². The van der Waals surface area contributed by atoms with Gasteiger partial charge in [0, 0.05) is 17.1 Å². The number of carbonyl (C=O) groups is 2. The van der Waals surface area contributed by atoms with Gasteiger partial charge in [0.15, 0.2) is 0 Å². The molecule has 0 saturated heterocycles. The van der Waals surface area contributed by atoms with Crippen molar-refractivity contribution in [2.75, 3.05) is 6.54 Å². The topological polar surface area (TPSA) is 70.6 Å². The van der Waals surface area contributed by atoms with Gasteiger partial charge in [0.05, 0.1) is 11.2 Å². The van der Waals surface area contributed by atoms with E-state index in [1.54, 1.807) is 18.2 Å². The van der Waals surface area contributed by atoms with Gasteiger partial charge < -0.3 is 5.32 Å². The molecule has 1 aromatic rings. The SMILES string of the molecule is C=CCNC(=O)C(=O)NN=Cc1ccc(Cl)cc1Cl. The van der Waals surface area contributed by atoms with E-state index in [1.807, 2.05) is 0 Å². The molecule has 100 valence electrons. The largest absolute Gasteiger partial charge is 0.344 e. The number of rotatable bonds is 4. The van der Waals surface area contributed by atoms with Crippen LogP contribution in [0.25, 0.3) is 0 Å².